The molecule has 6 heteroatoms. The lowest BCUT2D eigenvalue weighted by Gasteiger charge is -2.29. The molecule has 0 aromatic heterocycles. The van der Waals surface area contributed by atoms with Gasteiger partial charge in [0.15, 0.2) is 5.11 Å². The molecular formula is C14H15BrN2O2S. The van der Waals surface area contributed by atoms with Crippen LogP contribution in [0.25, 0.3) is 0 Å². The molecule has 0 fully saturated rings. The third-order valence-electron chi connectivity index (χ3n) is 3.20. The van der Waals surface area contributed by atoms with Crippen LogP contribution in [0.4, 0.5) is 0 Å². The molecule has 1 aliphatic heterocycles. The van der Waals surface area contributed by atoms with E-state index in [9.17, 15) is 4.79 Å². The lowest BCUT2D eigenvalue weighted by atomic mass is 9.95. The summed E-state index contributed by atoms with van der Waals surface area (Å²) in [5.74, 6) is -0.369. The first-order chi connectivity index (χ1) is 9.43. The summed E-state index contributed by atoms with van der Waals surface area (Å²) in [6, 6.07) is 5.64. The predicted molar refractivity (Wildman–Crippen MR) is 85.2 cm³/mol. The highest BCUT2D eigenvalue weighted by Gasteiger charge is 2.30. The zero-order valence-electron chi connectivity index (χ0n) is 11.4. The summed E-state index contributed by atoms with van der Waals surface area (Å²) in [5.41, 5.74) is 3.33. The smallest absolute Gasteiger partial charge is 0.337 e. The second-order valence-electron chi connectivity index (χ2n) is 4.57. The molecule has 2 rings (SSSR count). The van der Waals surface area contributed by atoms with Gasteiger partial charge in [-0.15, -0.1) is 0 Å². The minimum absolute atomic E-state index is 0.312. The molecule has 1 aromatic carbocycles. The fourth-order valence-corrected chi connectivity index (χ4v) is 2.78. The van der Waals surface area contributed by atoms with E-state index in [-0.39, 0.29) is 12.0 Å². The summed E-state index contributed by atoms with van der Waals surface area (Å²) >= 11 is 8.68. The van der Waals surface area contributed by atoms with E-state index in [4.69, 9.17) is 17.0 Å². The molecule has 1 heterocycles. The van der Waals surface area contributed by atoms with Gasteiger partial charge in [-0.05, 0) is 43.3 Å². The highest BCUT2D eigenvalue weighted by molar-refractivity contribution is 9.10. The van der Waals surface area contributed by atoms with Crippen molar-refractivity contribution in [2.45, 2.75) is 19.9 Å². The number of rotatable bonds is 2. The molecule has 0 amide bonds. The Kier molecular flexibility index (Phi) is 4.45. The average Bonchev–Trinajstić information content (AvgIpc) is 2.40. The number of esters is 1. The van der Waals surface area contributed by atoms with Crippen LogP contribution >= 0.6 is 28.1 Å². The van der Waals surface area contributed by atoms with Crippen LogP contribution in [0.5, 0.6) is 0 Å². The Labute approximate surface area is 131 Å². The number of ether oxygens (including phenoxy) is 1. The fourth-order valence-electron chi connectivity index (χ4n) is 2.11. The minimum Gasteiger partial charge on any atom is -0.466 e. The number of nitrogens with one attached hydrogen (secondary N) is 2. The molecule has 0 saturated heterocycles. The van der Waals surface area contributed by atoms with Gasteiger partial charge in [-0.3, -0.25) is 0 Å². The molecule has 1 aliphatic rings. The Morgan fingerprint density at radius 1 is 1.40 bits per heavy atom. The summed E-state index contributed by atoms with van der Waals surface area (Å²) in [6.45, 7) is 3.83. The second kappa shape index (κ2) is 5.93. The van der Waals surface area contributed by atoms with Crippen molar-refractivity contribution in [2.24, 2.45) is 0 Å². The van der Waals surface area contributed by atoms with Crippen molar-refractivity contribution in [3.05, 3.63) is 45.1 Å². The second-order valence-corrected chi connectivity index (χ2v) is 5.83. The number of benzene rings is 1. The van der Waals surface area contributed by atoms with Crippen LogP contribution in [0.3, 0.4) is 0 Å². The minimum atomic E-state index is -0.369. The van der Waals surface area contributed by atoms with Crippen molar-refractivity contribution in [1.82, 2.24) is 10.6 Å². The van der Waals surface area contributed by atoms with Crippen LogP contribution in [0.2, 0.25) is 0 Å². The molecule has 106 valence electrons. The van der Waals surface area contributed by atoms with Gasteiger partial charge in [0.25, 0.3) is 0 Å². The number of aryl methyl sites for hydroxylation is 1. The molecule has 0 radical (unpaired) electrons. The van der Waals surface area contributed by atoms with Gasteiger partial charge in [-0.2, -0.15) is 0 Å². The van der Waals surface area contributed by atoms with E-state index in [1.54, 1.807) is 0 Å². The van der Waals surface area contributed by atoms with E-state index < -0.39 is 0 Å². The van der Waals surface area contributed by atoms with Gasteiger partial charge in [0.2, 0.25) is 0 Å². The third-order valence-corrected chi connectivity index (χ3v) is 4.28. The number of halogens is 1. The van der Waals surface area contributed by atoms with Crippen molar-refractivity contribution >= 4 is 39.2 Å². The summed E-state index contributed by atoms with van der Waals surface area (Å²) < 4.78 is 5.86. The fraction of sp³-hybridized carbons (Fsp3) is 0.286. The molecule has 0 aliphatic carbocycles. The van der Waals surface area contributed by atoms with Gasteiger partial charge < -0.3 is 15.4 Å². The first-order valence-corrected chi connectivity index (χ1v) is 7.26. The highest BCUT2D eigenvalue weighted by Crippen LogP contribution is 2.30. The lowest BCUT2D eigenvalue weighted by molar-refractivity contribution is -0.136. The Morgan fingerprint density at radius 2 is 2.10 bits per heavy atom. The maximum Gasteiger partial charge on any atom is 0.337 e. The number of carbonyl (C=O) groups is 1. The Balaban J connectivity index is 2.50. The Morgan fingerprint density at radius 3 is 2.70 bits per heavy atom. The van der Waals surface area contributed by atoms with E-state index in [0.29, 0.717) is 16.4 Å². The summed E-state index contributed by atoms with van der Waals surface area (Å²) in [7, 11) is 1.37. The standard InChI is InChI=1S/C14H15BrN2O2S/c1-7-4-5-9(6-10(7)15)12-11(13(18)19-3)8(2)16-14(20)17-12/h4-6,12H,1-3H3,(H2,16,17,20)/t12-/m0/s1. The normalized spacial score (nSPS) is 18.4. The molecule has 0 unspecified atom stereocenters. The molecular weight excluding hydrogens is 340 g/mol. The van der Waals surface area contributed by atoms with Gasteiger partial charge in [0.05, 0.1) is 18.7 Å². The number of allylic oxidation sites excluding steroid dienone is 1. The largest absolute Gasteiger partial charge is 0.466 e. The molecule has 0 bridgehead atoms. The van der Waals surface area contributed by atoms with Gasteiger partial charge >= 0.3 is 5.97 Å². The summed E-state index contributed by atoms with van der Waals surface area (Å²) in [6.07, 6.45) is 0. The number of hydrogen-bond donors (Lipinski definition) is 2. The Hall–Kier alpha value is -1.40. The molecule has 2 N–H and O–H groups in total. The van der Waals surface area contributed by atoms with E-state index in [1.165, 1.54) is 7.11 Å². The maximum absolute atomic E-state index is 12.0. The zero-order chi connectivity index (χ0) is 14.9. The van der Waals surface area contributed by atoms with Crippen LogP contribution in [0, 0.1) is 6.92 Å². The predicted octanol–water partition coefficient (Wildman–Crippen LogP) is 2.72. The number of carbonyl (C=O) groups excluding carboxylic acids is 1. The van der Waals surface area contributed by atoms with Crippen molar-refractivity contribution in [3.8, 4) is 0 Å². The molecule has 0 spiro atoms. The van der Waals surface area contributed by atoms with Crippen molar-refractivity contribution < 1.29 is 9.53 Å². The van der Waals surface area contributed by atoms with E-state index in [0.717, 1.165) is 15.6 Å². The van der Waals surface area contributed by atoms with Crippen LogP contribution in [-0.4, -0.2) is 18.2 Å². The van der Waals surface area contributed by atoms with Crippen molar-refractivity contribution in [3.63, 3.8) is 0 Å². The van der Waals surface area contributed by atoms with Crippen LogP contribution in [0.1, 0.15) is 24.1 Å². The van der Waals surface area contributed by atoms with Crippen LogP contribution < -0.4 is 10.6 Å². The first kappa shape index (κ1) is 15.0. The van der Waals surface area contributed by atoms with Crippen LogP contribution in [0.15, 0.2) is 33.9 Å². The SMILES string of the molecule is COC(=O)C1=C(C)NC(=S)N[C@H]1c1ccc(C)c(Br)c1. The third kappa shape index (κ3) is 2.86. The highest BCUT2D eigenvalue weighted by atomic mass is 79.9. The van der Waals surface area contributed by atoms with Crippen molar-refractivity contribution in [1.29, 1.82) is 0 Å². The summed E-state index contributed by atoms with van der Waals surface area (Å²) in [4.78, 5) is 12.0. The van der Waals surface area contributed by atoms with E-state index in [1.807, 2.05) is 32.0 Å². The number of methoxy groups -OCH3 is 1. The summed E-state index contributed by atoms with van der Waals surface area (Å²) in [5, 5.41) is 6.57. The van der Waals surface area contributed by atoms with Gasteiger partial charge in [-0.25, -0.2) is 4.79 Å². The molecule has 4 nitrogen and oxygen atoms in total. The molecule has 0 saturated carbocycles. The van der Waals surface area contributed by atoms with Gasteiger partial charge in [0.1, 0.15) is 0 Å². The quantitative estimate of drug-likeness (QED) is 0.631. The maximum atomic E-state index is 12.0. The van der Waals surface area contributed by atoms with E-state index in [2.05, 4.69) is 26.6 Å². The first-order valence-electron chi connectivity index (χ1n) is 6.06. The number of thiocarbonyl (C=S) groups is 1. The monoisotopic (exact) mass is 354 g/mol. The average molecular weight is 355 g/mol. The van der Waals surface area contributed by atoms with E-state index >= 15 is 0 Å². The lowest BCUT2D eigenvalue weighted by Crippen LogP contribution is -2.45. The molecule has 20 heavy (non-hydrogen) atoms. The van der Waals surface area contributed by atoms with Crippen molar-refractivity contribution in [2.75, 3.05) is 7.11 Å². The van der Waals surface area contributed by atoms with Gasteiger partial charge in [-0.1, -0.05) is 28.1 Å². The molecule has 1 atom stereocenters. The van der Waals surface area contributed by atoms with Gasteiger partial charge in [0, 0.05) is 10.2 Å². The number of hydrogen-bond acceptors (Lipinski definition) is 3. The molecule has 1 aromatic rings. The topological polar surface area (TPSA) is 50.4 Å². The Bertz CT molecular complexity index is 613. The van der Waals surface area contributed by atoms with Crippen LogP contribution in [-0.2, 0) is 9.53 Å². The zero-order valence-corrected chi connectivity index (χ0v) is 13.8.